The smallest absolute Gasteiger partial charge is 0.419 e. The second-order valence-electron chi connectivity index (χ2n) is 5.92. The van der Waals surface area contributed by atoms with Gasteiger partial charge >= 0.3 is 6.18 Å². The number of alkyl halides is 3. The normalized spacial score (nSPS) is 16.3. The van der Waals surface area contributed by atoms with Gasteiger partial charge in [-0.05, 0) is 48.6 Å². The van der Waals surface area contributed by atoms with Crippen molar-refractivity contribution >= 4 is 35.2 Å². The highest BCUT2D eigenvalue weighted by Gasteiger charge is 2.35. The molecular weight excluding hydrogens is 412 g/mol. The van der Waals surface area contributed by atoms with E-state index in [0.29, 0.717) is 12.1 Å². The largest absolute Gasteiger partial charge is 0.457 e. The highest BCUT2D eigenvalue weighted by atomic mass is 32.1. The summed E-state index contributed by atoms with van der Waals surface area (Å²) in [7, 11) is 0. The number of hydrogen-bond donors (Lipinski definition) is 1. The minimum absolute atomic E-state index is 0.00415. The fourth-order valence-corrected chi connectivity index (χ4v) is 2.86. The average molecular weight is 424 g/mol. The summed E-state index contributed by atoms with van der Waals surface area (Å²) >= 11 is 4.94. The van der Waals surface area contributed by atoms with Gasteiger partial charge in [0.2, 0.25) is 0 Å². The maximum Gasteiger partial charge on any atom is 0.419 e. The van der Waals surface area contributed by atoms with E-state index in [1.807, 2.05) is 0 Å². The van der Waals surface area contributed by atoms with E-state index in [0.717, 1.165) is 17.0 Å². The first-order valence-electron chi connectivity index (χ1n) is 8.08. The van der Waals surface area contributed by atoms with E-state index in [9.17, 15) is 27.2 Å². The van der Waals surface area contributed by atoms with E-state index in [-0.39, 0.29) is 34.3 Å². The van der Waals surface area contributed by atoms with Gasteiger partial charge in [-0.15, -0.1) is 6.58 Å². The molecule has 2 amide bonds. The van der Waals surface area contributed by atoms with E-state index < -0.39 is 29.4 Å². The Bertz CT molecular complexity index is 1060. The zero-order valence-electron chi connectivity index (χ0n) is 14.5. The van der Waals surface area contributed by atoms with Crippen LogP contribution in [0.4, 0.5) is 17.6 Å². The fourth-order valence-electron chi connectivity index (χ4n) is 2.61. The van der Waals surface area contributed by atoms with Crippen molar-refractivity contribution in [2.75, 3.05) is 6.54 Å². The number of amides is 2. The van der Waals surface area contributed by atoms with Gasteiger partial charge in [0.15, 0.2) is 5.11 Å². The summed E-state index contributed by atoms with van der Waals surface area (Å²) in [6.07, 6.45) is -2.29. The molecule has 5 nitrogen and oxygen atoms in total. The Labute approximate surface area is 167 Å². The van der Waals surface area contributed by atoms with E-state index in [1.165, 1.54) is 18.2 Å². The lowest BCUT2D eigenvalue weighted by molar-refractivity contribution is -0.140. The van der Waals surface area contributed by atoms with Crippen LogP contribution in [0.1, 0.15) is 11.3 Å². The molecule has 0 radical (unpaired) electrons. The van der Waals surface area contributed by atoms with Gasteiger partial charge in [0.1, 0.15) is 22.9 Å². The number of thiocarbonyl (C=S) groups is 1. The predicted molar refractivity (Wildman–Crippen MR) is 99.7 cm³/mol. The first-order valence-corrected chi connectivity index (χ1v) is 8.49. The molecule has 1 aromatic carbocycles. The van der Waals surface area contributed by atoms with Crippen LogP contribution in [-0.2, 0) is 15.8 Å². The molecule has 0 aliphatic carbocycles. The fraction of sp³-hybridized carbons (Fsp3) is 0.105. The number of nitrogens with one attached hydrogen (secondary N) is 1. The highest BCUT2D eigenvalue weighted by Crippen LogP contribution is 2.35. The van der Waals surface area contributed by atoms with Crippen LogP contribution in [-0.4, -0.2) is 28.4 Å². The van der Waals surface area contributed by atoms with Gasteiger partial charge in [0, 0.05) is 12.1 Å². The lowest BCUT2D eigenvalue weighted by atomic mass is 10.1. The molecule has 29 heavy (non-hydrogen) atoms. The number of carbonyl (C=O) groups is 2. The van der Waals surface area contributed by atoms with Gasteiger partial charge < -0.3 is 4.42 Å². The monoisotopic (exact) mass is 424 g/mol. The van der Waals surface area contributed by atoms with Crippen LogP contribution in [0, 0.1) is 5.82 Å². The third-order valence-electron chi connectivity index (χ3n) is 3.97. The third-order valence-corrected chi connectivity index (χ3v) is 4.29. The Hall–Kier alpha value is -3.27. The van der Waals surface area contributed by atoms with Gasteiger partial charge in [0.25, 0.3) is 11.8 Å². The average Bonchev–Trinajstić information content (AvgIpc) is 3.10. The first-order chi connectivity index (χ1) is 13.6. The Kier molecular flexibility index (Phi) is 5.38. The first kappa shape index (κ1) is 20.5. The zero-order chi connectivity index (χ0) is 21.3. The summed E-state index contributed by atoms with van der Waals surface area (Å²) in [6, 6.07) is 5.14. The third kappa shape index (κ3) is 4.11. The van der Waals surface area contributed by atoms with Gasteiger partial charge in [-0.3, -0.25) is 19.8 Å². The van der Waals surface area contributed by atoms with Gasteiger partial charge in [-0.1, -0.05) is 6.08 Å². The van der Waals surface area contributed by atoms with Crippen molar-refractivity contribution < 1.29 is 31.6 Å². The molecule has 10 heteroatoms. The zero-order valence-corrected chi connectivity index (χ0v) is 15.4. The van der Waals surface area contributed by atoms with Crippen LogP contribution in [0.3, 0.4) is 0 Å². The summed E-state index contributed by atoms with van der Waals surface area (Å²) in [4.78, 5) is 25.7. The molecule has 1 N–H and O–H groups in total. The number of furan rings is 1. The lowest BCUT2D eigenvalue weighted by Gasteiger charge is -2.27. The quantitative estimate of drug-likeness (QED) is 0.266. The van der Waals surface area contributed by atoms with Crippen molar-refractivity contribution in [1.29, 1.82) is 0 Å². The number of carbonyl (C=O) groups excluding carboxylic acids is 2. The van der Waals surface area contributed by atoms with E-state index >= 15 is 0 Å². The molecule has 150 valence electrons. The highest BCUT2D eigenvalue weighted by molar-refractivity contribution is 7.80. The van der Waals surface area contributed by atoms with Crippen LogP contribution >= 0.6 is 12.2 Å². The Morgan fingerprint density at radius 1 is 1.21 bits per heavy atom. The van der Waals surface area contributed by atoms with E-state index in [4.69, 9.17) is 16.6 Å². The molecular formula is C19H12F4N2O3S. The summed E-state index contributed by atoms with van der Waals surface area (Å²) in [5, 5.41) is 2.29. The minimum atomic E-state index is -4.86. The summed E-state index contributed by atoms with van der Waals surface area (Å²) in [6.45, 7) is 3.59. The molecule has 1 aliphatic rings. The van der Waals surface area contributed by atoms with Crippen molar-refractivity contribution in [2.45, 2.75) is 6.18 Å². The van der Waals surface area contributed by atoms with Gasteiger partial charge in [-0.25, -0.2) is 4.39 Å². The maximum absolute atomic E-state index is 13.4. The Morgan fingerprint density at radius 2 is 1.93 bits per heavy atom. The molecule has 1 aromatic heterocycles. The molecule has 0 saturated carbocycles. The van der Waals surface area contributed by atoms with Crippen LogP contribution in [0.5, 0.6) is 0 Å². The Morgan fingerprint density at radius 3 is 2.59 bits per heavy atom. The van der Waals surface area contributed by atoms with Gasteiger partial charge in [-0.2, -0.15) is 13.2 Å². The Balaban J connectivity index is 1.94. The SMILES string of the molecule is C=CCN1C(=O)/C(=C/c2ccc(-c3ccc(F)c(C(F)(F)F)c3)o2)C(=O)NC1=S. The minimum Gasteiger partial charge on any atom is -0.457 e. The molecule has 2 aromatic rings. The van der Waals surface area contributed by atoms with E-state index in [2.05, 4.69) is 11.9 Å². The molecule has 0 atom stereocenters. The van der Waals surface area contributed by atoms with Crippen LogP contribution < -0.4 is 5.32 Å². The van der Waals surface area contributed by atoms with Crippen LogP contribution in [0.15, 0.2) is 53.0 Å². The summed E-state index contributed by atoms with van der Waals surface area (Å²) < 4.78 is 57.6. The maximum atomic E-state index is 13.4. The molecule has 3 rings (SSSR count). The van der Waals surface area contributed by atoms with Crippen molar-refractivity contribution in [1.82, 2.24) is 10.2 Å². The molecule has 0 spiro atoms. The topological polar surface area (TPSA) is 62.6 Å². The van der Waals surface area contributed by atoms with E-state index in [1.54, 1.807) is 0 Å². The number of hydrogen-bond acceptors (Lipinski definition) is 4. The molecule has 1 aliphatic heterocycles. The molecule has 1 saturated heterocycles. The van der Waals surface area contributed by atoms with Crippen molar-refractivity contribution in [3.05, 3.63) is 65.7 Å². The van der Waals surface area contributed by atoms with Crippen molar-refractivity contribution in [3.8, 4) is 11.3 Å². The van der Waals surface area contributed by atoms with Crippen LogP contribution in [0.2, 0.25) is 0 Å². The predicted octanol–water partition coefficient (Wildman–Crippen LogP) is 3.92. The molecule has 0 bridgehead atoms. The second-order valence-corrected chi connectivity index (χ2v) is 6.30. The van der Waals surface area contributed by atoms with Gasteiger partial charge in [0.05, 0.1) is 5.56 Å². The second kappa shape index (κ2) is 7.63. The van der Waals surface area contributed by atoms with Crippen molar-refractivity contribution in [2.24, 2.45) is 0 Å². The number of rotatable bonds is 4. The summed E-state index contributed by atoms with van der Waals surface area (Å²) in [5.41, 5.74) is -1.71. The summed E-state index contributed by atoms with van der Waals surface area (Å²) in [5.74, 6) is -2.76. The van der Waals surface area contributed by atoms with Crippen molar-refractivity contribution in [3.63, 3.8) is 0 Å². The number of benzene rings is 1. The number of halogens is 4. The standard InChI is InChI=1S/C19H12F4N2O3S/c1-2-7-25-17(27)12(16(26)24-18(25)29)9-11-4-6-15(28-11)10-3-5-14(20)13(8-10)19(21,22)23/h2-6,8-9H,1,7H2,(H,24,26,29)/b12-9+. The molecule has 0 unspecified atom stereocenters. The molecule has 1 fully saturated rings. The lowest BCUT2D eigenvalue weighted by Crippen LogP contribution is -2.53. The van der Waals surface area contributed by atoms with Crippen LogP contribution in [0.25, 0.3) is 17.4 Å². The molecule has 2 heterocycles. The number of nitrogens with zero attached hydrogens (tertiary/aromatic N) is 1.